The van der Waals surface area contributed by atoms with Crippen LogP contribution in [-0.4, -0.2) is 47.2 Å². The van der Waals surface area contributed by atoms with Crippen molar-refractivity contribution in [2.75, 3.05) is 34.6 Å². The van der Waals surface area contributed by atoms with Crippen LogP contribution in [0.1, 0.15) is 11.1 Å². The van der Waals surface area contributed by atoms with Crippen LogP contribution < -0.4 is 31.3 Å². The van der Waals surface area contributed by atoms with Crippen LogP contribution in [0.5, 0.6) is 11.6 Å². The number of hydrogen-bond donors (Lipinski definition) is 4. The van der Waals surface area contributed by atoms with Crippen LogP contribution in [0.25, 0.3) is 16.5 Å². The second-order valence-electron chi connectivity index (χ2n) is 12.9. The molecule has 7 rings (SSSR count). The molecule has 248 valence electrons. The molecule has 1 aliphatic heterocycles. The highest BCUT2D eigenvalue weighted by Crippen LogP contribution is 2.34. The third-order valence-corrected chi connectivity index (χ3v) is 10.0. The zero-order chi connectivity index (χ0) is 34.0. The number of urea groups is 1. The van der Waals surface area contributed by atoms with Gasteiger partial charge in [-0.05, 0) is 61.4 Å². The number of anilines is 5. The topological polar surface area (TPSA) is 127 Å². The van der Waals surface area contributed by atoms with Crippen LogP contribution in [0.4, 0.5) is 33.6 Å². The molecule has 0 aliphatic carbocycles. The number of benzene rings is 4. The average molecular weight is 671 g/mol. The Balaban J connectivity index is 1.10. The quantitative estimate of drug-likeness (QED) is 0.121. The van der Waals surface area contributed by atoms with Crippen molar-refractivity contribution in [3.8, 4) is 17.3 Å². The fourth-order valence-electron chi connectivity index (χ4n) is 5.58. The van der Waals surface area contributed by atoms with Gasteiger partial charge in [0.2, 0.25) is 11.8 Å². The van der Waals surface area contributed by atoms with E-state index in [0.717, 1.165) is 45.1 Å². The molecule has 11 nitrogen and oxygen atoms in total. The minimum Gasteiger partial charge on any atom is -0.438 e. The molecule has 0 atom stereocenters. The molecular formula is C37H38N8O3Si. The first-order valence-corrected chi connectivity index (χ1v) is 19.7. The van der Waals surface area contributed by atoms with Gasteiger partial charge in [0.25, 0.3) is 0 Å². The molecule has 3 heterocycles. The molecule has 0 saturated carbocycles. The van der Waals surface area contributed by atoms with Gasteiger partial charge in [0.1, 0.15) is 26.4 Å². The molecule has 1 aliphatic rings. The number of ether oxygens (including phenoxy) is 2. The van der Waals surface area contributed by atoms with E-state index in [0.29, 0.717) is 42.4 Å². The van der Waals surface area contributed by atoms with Crippen LogP contribution >= 0.6 is 0 Å². The van der Waals surface area contributed by atoms with Gasteiger partial charge in [-0.1, -0.05) is 67.7 Å². The van der Waals surface area contributed by atoms with E-state index >= 15 is 0 Å². The van der Waals surface area contributed by atoms with Crippen molar-refractivity contribution < 1.29 is 14.3 Å². The molecule has 4 N–H and O–H groups in total. The molecule has 2 aromatic heterocycles. The number of amides is 2. The summed E-state index contributed by atoms with van der Waals surface area (Å²) in [5.74, 6) is 1.98. The minimum absolute atomic E-state index is 0.374. The molecule has 0 fully saturated rings. The summed E-state index contributed by atoms with van der Waals surface area (Å²) in [5.41, 5.74) is 5.75. The molecule has 0 bridgehead atoms. The number of carbonyl (C=O) groups is 1. The Morgan fingerprint density at radius 1 is 0.939 bits per heavy atom. The Bertz CT molecular complexity index is 2140. The maximum absolute atomic E-state index is 13.5. The van der Waals surface area contributed by atoms with Gasteiger partial charge in [0, 0.05) is 39.7 Å². The van der Waals surface area contributed by atoms with Crippen molar-refractivity contribution in [1.82, 2.24) is 19.7 Å². The second kappa shape index (κ2) is 13.4. The predicted octanol–water partition coefficient (Wildman–Crippen LogP) is 7.79. The summed E-state index contributed by atoms with van der Waals surface area (Å²) in [5, 5.41) is 20.2. The summed E-state index contributed by atoms with van der Waals surface area (Å²) in [4.78, 5) is 22.5. The maximum atomic E-state index is 13.5. The third-order valence-electron chi connectivity index (χ3n) is 8.22. The molecule has 6 aromatic rings. The highest BCUT2D eigenvalue weighted by Gasteiger charge is 2.24. The van der Waals surface area contributed by atoms with Crippen LogP contribution in [0.3, 0.4) is 0 Å². The summed E-state index contributed by atoms with van der Waals surface area (Å²) in [6, 6.07) is 28.9. The van der Waals surface area contributed by atoms with Crippen LogP contribution in [-0.2, 0) is 11.2 Å². The van der Waals surface area contributed by atoms with Crippen LogP contribution in [0.15, 0.2) is 97.2 Å². The Labute approximate surface area is 285 Å². The maximum Gasteiger partial charge on any atom is 0.324 e. The van der Waals surface area contributed by atoms with Gasteiger partial charge in [-0.25, -0.2) is 14.5 Å². The predicted molar refractivity (Wildman–Crippen MR) is 198 cm³/mol. The number of nitrogens with zero attached hydrogens (tertiary/aromatic N) is 4. The van der Waals surface area contributed by atoms with E-state index in [1.165, 1.54) is 5.56 Å². The molecule has 2 amide bonds. The molecule has 12 heteroatoms. The monoisotopic (exact) mass is 670 g/mol. The lowest BCUT2D eigenvalue weighted by molar-refractivity contribution is 0.160. The van der Waals surface area contributed by atoms with Crippen molar-refractivity contribution in [2.45, 2.75) is 33.0 Å². The van der Waals surface area contributed by atoms with Gasteiger partial charge in [-0.2, -0.15) is 10.1 Å². The summed E-state index contributed by atoms with van der Waals surface area (Å²) < 4.78 is 13.6. The molecule has 0 unspecified atom stereocenters. The standard InChI is InChI=1S/C37H38N8O3Si/c1-24-9-13-27(14-10-24)45-33(22-35(44-45)49(2,3)4)42-37(46)41-30-15-16-32(29-8-6-5-7-28(29)30)48-34-17-19-38-36(43-34)40-26-12-11-25-18-20-47-23-39-31(25)21-26/h5-17,19,21-22,39H,18,20,23H2,1-4H3,(H,38,40,43)(H2,41,42,46). The highest BCUT2D eigenvalue weighted by molar-refractivity contribution is 6.88. The van der Waals surface area contributed by atoms with E-state index in [2.05, 4.69) is 56.9 Å². The van der Waals surface area contributed by atoms with Crippen molar-refractivity contribution >= 4 is 59.0 Å². The first kappa shape index (κ1) is 31.9. The lowest BCUT2D eigenvalue weighted by Crippen LogP contribution is -2.39. The summed E-state index contributed by atoms with van der Waals surface area (Å²) in [6.45, 7) is 9.91. The second-order valence-corrected chi connectivity index (χ2v) is 18.0. The lowest BCUT2D eigenvalue weighted by atomic mass is 10.1. The Hall–Kier alpha value is -5.72. The highest BCUT2D eigenvalue weighted by atomic mass is 28.3. The van der Waals surface area contributed by atoms with Crippen LogP contribution in [0.2, 0.25) is 19.6 Å². The summed E-state index contributed by atoms with van der Waals surface area (Å²) in [7, 11) is -1.76. The summed E-state index contributed by atoms with van der Waals surface area (Å²) >= 11 is 0. The Morgan fingerprint density at radius 3 is 2.57 bits per heavy atom. The molecule has 49 heavy (non-hydrogen) atoms. The van der Waals surface area contributed by atoms with E-state index in [-0.39, 0.29) is 6.03 Å². The Morgan fingerprint density at radius 2 is 1.76 bits per heavy atom. The van der Waals surface area contributed by atoms with Crippen LogP contribution in [0, 0.1) is 6.92 Å². The van der Waals surface area contributed by atoms with E-state index in [1.54, 1.807) is 16.9 Å². The zero-order valence-electron chi connectivity index (χ0n) is 27.9. The van der Waals surface area contributed by atoms with Crippen molar-refractivity contribution in [3.05, 3.63) is 108 Å². The molecule has 0 radical (unpaired) electrons. The third kappa shape index (κ3) is 7.25. The zero-order valence-corrected chi connectivity index (χ0v) is 28.9. The van der Waals surface area contributed by atoms with Gasteiger partial charge in [-0.15, -0.1) is 0 Å². The van der Waals surface area contributed by atoms with E-state index in [1.807, 2.05) is 85.8 Å². The molecular weight excluding hydrogens is 633 g/mol. The van der Waals surface area contributed by atoms with Gasteiger partial charge in [0.05, 0.1) is 18.0 Å². The van der Waals surface area contributed by atoms with Gasteiger partial charge < -0.3 is 25.4 Å². The molecule has 0 saturated heterocycles. The summed E-state index contributed by atoms with van der Waals surface area (Å²) in [6.07, 6.45) is 2.51. The number of nitrogens with one attached hydrogen (secondary N) is 4. The minimum atomic E-state index is -1.76. The number of hydrogen-bond acceptors (Lipinski definition) is 8. The van der Waals surface area contributed by atoms with Crippen molar-refractivity contribution in [1.29, 1.82) is 0 Å². The van der Waals surface area contributed by atoms with Gasteiger partial charge >= 0.3 is 6.03 Å². The van der Waals surface area contributed by atoms with Gasteiger partial charge in [0.15, 0.2) is 0 Å². The molecule has 0 spiro atoms. The largest absolute Gasteiger partial charge is 0.438 e. The van der Waals surface area contributed by atoms with E-state index < -0.39 is 8.07 Å². The number of fused-ring (bicyclic) bond motifs is 2. The molecule has 4 aromatic carbocycles. The first-order valence-electron chi connectivity index (χ1n) is 16.2. The number of rotatable bonds is 8. The Kier molecular flexibility index (Phi) is 8.72. The van der Waals surface area contributed by atoms with Crippen molar-refractivity contribution in [3.63, 3.8) is 0 Å². The number of aromatic nitrogens is 4. The van der Waals surface area contributed by atoms with E-state index in [4.69, 9.17) is 14.6 Å². The van der Waals surface area contributed by atoms with E-state index in [9.17, 15) is 4.79 Å². The SMILES string of the molecule is Cc1ccc(-n2nc([Si](C)(C)C)cc2NC(=O)Nc2ccc(Oc3ccnc(Nc4ccc5c(c4)NCOCC5)n3)c3ccccc23)cc1. The van der Waals surface area contributed by atoms with Gasteiger partial charge in [-0.3, -0.25) is 5.32 Å². The lowest BCUT2D eigenvalue weighted by Gasteiger charge is -2.14. The first-order chi connectivity index (χ1) is 23.7. The fraction of sp³-hybridized carbons (Fsp3) is 0.189. The smallest absolute Gasteiger partial charge is 0.324 e. The van der Waals surface area contributed by atoms with Crippen molar-refractivity contribution in [2.24, 2.45) is 0 Å². The normalized spacial score (nSPS) is 12.8. The average Bonchev–Trinajstić information content (AvgIpc) is 3.37. The number of carbonyl (C=O) groups excluding carboxylic acids is 1. The fourth-order valence-corrected chi connectivity index (χ4v) is 6.55. The number of aryl methyl sites for hydroxylation is 1.